The molecule has 0 saturated heterocycles. The van der Waals surface area contributed by atoms with E-state index in [1.54, 1.807) is 0 Å². The quantitative estimate of drug-likeness (QED) is 0.815. The first-order valence-electron chi connectivity index (χ1n) is 8.07. The summed E-state index contributed by atoms with van der Waals surface area (Å²) in [5.41, 5.74) is -0.535. The van der Waals surface area contributed by atoms with Gasteiger partial charge in [0.2, 0.25) is 0 Å². The molecule has 0 heterocycles. The third kappa shape index (κ3) is 6.22. The number of ether oxygens (including phenoxy) is 1. The summed E-state index contributed by atoms with van der Waals surface area (Å²) < 4.78 is 5.33. The van der Waals surface area contributed by atoms with Gasteiger partial charge in [0.15, 0.2) is 0 Å². The minimum atomic E-state index is -0.838. The van der Waals surface area contributed by atoms with E-state index < -0.39 is 17.7 Å². The number of carboxylic acids is 1. The molecule has 1 aliphatic carbocycles. The van der Waals surface area contributed by atoms with E-state index in [0.717, 1.165) is 25.7 Å². The molecule has 0 aromatic rings. The molecule has 2 N–H and O–H groups in total. The molecule has 1 amide bonds. The van der Waals surface area contributed by atoms with Crippen molar-refractivity contribution in [1.29, 1.82) is 0 Å². The SMILES string of the molecule is CC(C)N(CC(=O)O)[C@H]1CCCC[C@@H]1NC(=O)OC(C)(C)C. The lowest BCUT2D eigenvalue weighted by Crippen LogP contribution is -2.56. The lowest BCUT2D eigenvalue weighted by Gasteiger charge is -2.41. The van der Waals surface area contributed by atoms with E-state index in [2.05, 4.69) is 5.32 Å². The number of hydrogen-bond donors (Lipinski definition) is 2. The first kappa shape index (κ1) is 18.7. The van der Waals surface area contributed by atoms with Gasteiger partial charge < -0.3 is 15.2 Å². The molecule has 0 bridgehead atoms. The summed E-state index contributed by atoms with van der Waals surface area (Å²) in [5.74, 6) is -0.838. The largest absolute Gasteiger partial charge is 0.480 e. The van der Waals surface area contributed by atoms with Gasteiger partial charge >= 0.3 is 12.1 Å². The van der Waals surface area contributed by atoms with Crippen LogP contribution in [0.15, 0.2) is 0 Å². The maximum Gasteiger partial charge on any atom is 0.407 e. The zero-order valence-electron chi connectivity index (χ0n) is 14.4. The maximum absolute atomic E-state index is 12.0. The molecule has 0 aromatic heterocycles. The van der Waals surface area contributed by atoms with Gasteiger partial charge in [-0.2, -0.15) is 0 Å². The van der Waals surface area contributed by atoms with Crippen molar-refractivity contribution in [2.24, 2.45) is 0 Å². The lowest BCUT2D eigenvalue weighted by molar-refractivity contribution is -0.139. The summed E-state index contributed by atoms with van der Waals surface area (Å²) in [6.45, 7) is 9.46. The number of carbonyl (C=O) groups excluding carboxylic acids is 1. The zero-order valence-corrected chi connectivity index (χ0v) is 14.4. The summed E-state index contributed by atoms with van der Waals surface area (Å²) in [6.07, 6.45) is 3.41. The van der Waals surface area contributed by atoms with Crippen LogP contribution in [0.5, 0.6) is 0 Å². The minimum Gasteiger partial charge on any atom is -0.480 e. The van der Waals surface area contributed by atoms with Crippen molar-refractivity contribution in [3.05, 3.63) is 0 Å². The number of aliphatic carboxylic acids is 1. The first-order chi connectivity index (χ1) is 10.1. The fourth-order valence-corrected chi connectivity index (χ4v) is 2.97. The summed E-state index contributed by atoms with van der Waals surface area (Å²) >= 11 is 0. The van der Waals surface area contributed by atoms with E-state index in [0.29, 0.717) is 0 Å². The molecule has 6 nitrogen and oxygen atoms in total. The fourth-order valence-electron chi connectivity index (χ4n) is 2.97. The molecule has 1 saturated carbocycles. The standard InChI is InChI=1S/C16H30N2O4/c1-11(2)18(10-14(19)20)13-9-7-6-8-12(13)17-15(21)22-16(3,4)5/h11-13H,6-10H2,1-5H3,(H,17,21)(H,19,20)/t12-,13-/m0/s1. The van der Waals surface area contributed by atoms with Crippen LogP contribution in [0.25, 0.3) is 0 Å². The molecule has 128 valence electrons. The van der Waals surface area contributed by atoms with Crippen molar-refractivity contribution in [2.75, 3.05) is 6.54 Å². The van der Waals surface area contributed by atoms with Crippen molar-refractivity contribution in [1.82, 2.24) is 10.2 Å². The molecule has 1 rings (SSSR count). The second-order valence-electron chi connectivity index (χ2n) is 7.26. The molecule has 1 fully saturated rings. The Morgan fingerprint density at radius 2 is 1.86 bits per heavy atom. The van der Waals surface area contributed by atoms with E-state index in [4.69, 9.17) is 9.84 Å². The van der Waals surface area contributed by atoms with Crippen LogP contribution in [-0.4, -0.2) is 52.3 Å². The van der Waals surface area contributed by atoms with Crippen molar-refractivity contribution in [3.8, 4) is 0 Å². The highest BCUT2D eigenvalue weighted by Gasteiger charge is 2.34. The topological polar surface area (TPSA) is 78.9 Å². The number of amides is 1. The van der Waals surface area contributed by atoms with Gasteiger partial charge in [-0.05, 0) is 47.5 Å². The smallest absolute Gasteiger partial charge is 0.407 e. The van der Waals surface area contributed by atoms with Gasteiger partial charge in [0.25, 0.3) is 0 Å². The van der Waals surface area contributed by atoms with Crippen molar-refractivity contribution in [2.45, 2.75) is 84.0 Å². The van der Waals surface area contributed by atoms with E-state index in [1.807, 2.05) is 39.5 Å². The number of carboxylic acid groups (broad SMARTS) is 1. The fraction of sp³-hybridized carbons (Fsp3) is 0.875. The monoisotopic (exact) mass is 314 g/mol. The van der Waals surface area contributed by atoms with Crippen LogP contribution in [0.3, 0.4) is 0 Å². The van der Waals surface area contributed by atoms with E-state index >= 15 is 0 Å². The van der Waals surface area contributed by atoms with E-state index in [1.165, 1.54) is 0 Å². The van der Waals surface area contributed by atoms with Crippen molar-refractivity contribution >= 4 is 12.1 Å². The normalized spacial score (nSPS) is 22.7. The Labute approximate surface area is 133 Å². The summed E-state index contributed by atoms with van der Waals surface area (Å²) in [4.78, 5) is 25.1. The average Bonchev–Trinajstić information content (AvgIpc) is 2.34. The van der Waals surface area contributed by atoms with Gasteiger partial charge in [-0.1, -0.05) is 12.8 Å². The summed E-state index contributed by atoms with van der Waals surface area (Å²) in [7, 11) is 0. The number of carbonyl (C=O) groups is 2. The van der Waals surface area contributed by atoms with Gasteiger partial charge in [0.1, 0.15) is 5.60 Å². The molecular weight excluding hydrogens is 284 g/mol. The van der Waals surface area contributed by atoms with Gasteiger partial charge in [-0.25, -0.2) is 4.79 Å². The van der Waals surface area contributed by atoms with Crippen LogP contribution in [0.4, 0.5) is 4.79 Å². The molecule has 0 unspecified atom stereocenters. The van der Waals surface area contributed by atoms with Gasteiger partial charge in [0.05, 0.1) is 6.54 Å². The van der Waals surface area contributed by atoms with Crippen LogP contribution >= 0.6 is 0 Å². The predicted octanol–water partition coefficient (Wildman–Crippen LogP) is 2.62. The Balaban J connectivity index is 2.76. The van der Waals surface area contributed by atoms with Crippen LogP contribution in [0.2, 0.25) is 0 Å². The first-order valence-corrected chi connectivity index (χ1v) is 8.07. The molecule has 0 aliphatic heterocycles. The second-order valence-corrected chi connectivity index (χ2v) is 7.26. The van der Waals surface area contributed by atoms with Crippen LogP contribution in [-0.2, 0) is 9.53 Å². The van der Waals surface area contributed by atoms with Crippen molar-refractivity contribution in [3.63, 3.8) is 0 Å². The third-order valence-electron chi connectivity index (χ3n) is 3.84. The highest BCUT2D eigenvalue weighted by Crippen LogP contribution is 2.25. The Hall–Kier alpha value is -1.30. The molecule has 2 atom stereocenters. The number of nitrogens with zero attached hydrogens (tertiary/aromatic N) is 1. The molecule has 0 radical (unpaired) electrons. The molecular formula is C16H30N2O4. The third-order valence-corrected chi connectivity index (χ3v) is 3.84. The zero-order chi connectivity index (χ0) is 16.9. The average molecular weight is 314 g/mol. The van der Waals surface area contributed by atoms with Crippen molar-refractivity contribution < 1.29 is 19.4 Å². The number of alkyl carbamates (subject to hydrolysis) is 1. The number of hydrogen-bond acceptors (Lipinski definition) is 4. The molecule has 0 aromatic carbocycles. The van der Waals surface area contributed by atoms with Gasteiger partial charge in [0, 0.05) is 18.1 Å². The van der Waals surface area contributed by atoms with E-state index in [-0.39, 0.29) is 24.7 Å². The second kappa shape index (κ2) is 7.81. The molecule has 22 heavy (non-hydrogen) atoms. The number of nitrogens with one attached hydrogen (secondary N) is 1. The molecule has 1 aliphatic rings. The lowest BCUT2D eigenvalue weighted by atomic mass is 9.88. The van der Waals surface area contributed by atoms with Crippen LogP contribution in [0, 0.1) is 0 Å². The number of rotatable bonds is 5. The van der Waals surface area contributed by atoms with Gasteiger partial charge in [-0.3, -0.25) is 9.69 Å². The highest BCUT2D eigenvalue weighted by atomic mass is 16.6. The van der Waals surface area contributed by atoms with Gasteiger partial charge in [-0.15, -0.1) is 0 Å². The Morgan fingerprint density at radius 1 is 1.27 bits per heavy atom. The van der Waals surface area contributed by atoms with Crippen LogP contribution in [0.1, 0.15) is 60.3 Å². The van der Waals surface area contributed by atoms with Crippen LogP contribution < -0.4 is 5.32 Å². The maximum atomic E-state index is 12.0. The summed E-state index contributed by atoms with van der Waals surface area (Å²) in [5, 5.41) is 12.1. The predicted molar refractivity (Wildman–Crippen MR) is 84.9 cm³/mol. The Kier molecular flexibility index (Phi) is 6.66. The Bertz CT molecular complexity index is 390. The highest BCUT2D eigenvalue weighted by molar-refractivity contribution is 5.69. The summed E-state index contributed by atoms with van der Waals surface area (Å²) in [6, 6.07) is 0.0878. The molecule has 0 spiro atoms. The Morgan fingerprint density at radius 3 is 2.36 bits per heavy atom. The minimum absolute atomic E-state index is 0.00513. The molecule has 6 heteroatoms. The van der Waals surface area contributed by atoms with E-state index in [9.17, 15) is 9.59 Å².